The largest absolute Gasteiger partial charge is 0.477 e. The van der Waals surface area contributed by atoms with Gasteiger partial charge in [-0.2, -0.15) is 8.42 Å². The summed E-state index contributed by atoms with van der Waals surface area (Å²) in [6.07, 6.45) is 13.5. The monoisotopic (exact) mass is 677 g/mol. The number of carbonyl (C=O) groups excluding carboxylic acids is 1. The SMILES string of the molecule is CC1(C)CC(CS(C)(C)CNc2cccc(S(=O)(=O)NC(=O)c3ccc(-n4ccc(OCCC5CCCC5)n4)nc3Cl)n2)CN1. The fourth-order valence-electron chi connectivity index (χ4n) is 6.13. The molecule has 3 aromatic heterocycles. The second-order valence-corrected chi connectivity index (χ2v) is 19.4. The number of sulfonamides is 1. The van der Waals surface area contributed by atoms with E-state index in [0.29, 0.717) is 35.9 Å². The summed E-state index contributed by atoms with van der Waals surface area (Å²) in [5, 5.41) is 10.9. The van der Waals surface area contributed by atoms with E-state index in [1.165, 1.54) is 48.6 Å². The summed E-state index contributed by atoms with van der Waals surface area (Å²) < 4.78 is 35.6. The average Bonchev–Trinajstić information content (AvgIpc) is 3.74. The van der Waals surface area contributed by atoms with Crippen molar-refractivity contribution in [1.82, 2.24) is 29.8 Å². The number of nitrogens with zero attached hydrogens (tertiary/aromatic N) is 4. The van der Waals surface area contributed by atoms with Gasteiger partial charge in [-0.1, -0.05) is 43.4 Å². The number of anilines is 1. The summed E-state index contributed by atoms with van der Waals surface area (Å²) in [6, 6.07) is 9.35. The van der Waals surface area contributed by atoms with Gasteiger partial charge in [-0.25, -0.2) is 29.4 Å². The van der Waals surface area contributed by atoms with Crippen LogP contribution in [-0.2, 0) is 10.0 Å². The molecule has 1 aliphatic carbocycles. The summed E-state index contributed by atoms with van der Waals surface area (Å²) in [5.41, 5.74) is 0.0746. The van der Waals surface area contributed by atoms with Crippen LogP contribution in [0.1, 0.15) is 62.7 Å². The van der Waals surface area contributed by atoms with Crippen LogP contribution < -0.4 is 20.1 Å². The second-order valence-electron chi connectivity index (χ2n) is 13.3. The average molecular weight is 678 g/mol. The minimum Gasteiger partial charge on any atom is -0.477 e. The van der Waals surface area contributed by atoms with Crippen molar-refractivity contribution in [2.75, 3.05) is 42.6 Å². The number of aromatic nitrogens is 4. The van der Waals surface area contributed by atoms with E-state index >= 15 is 0 Å². The Morgan fingerprint density at radius 1 is 1.11 bits per heavy atom. The van der Waals surface area contributed by atoms with Gasteiger partial charge in [0.15, 0.2) is 10.8 Å². The van der Waals surface area contributed by atoms with Crippen LogP contribution >= 0.6 is 21.6 Å². The summed E-state index contributed by atoms with van der Waals surface area (Å²) in [5.74, 6) is 3.50. The molecule has 0 bridgehead atoms. The topological polar surface area (TPSA) is 140 Å². The Bertz CT molecular complexity index is 1610. The van der Waals surface area contributed by atoms with E-state index < -0.39 is 26.0 Å². The molecule has 14 heteroatoms. The molecule has 1 saturated carbocycles. The van der Waals surface area contributed by atoms with E-state index in [2.05, 4.69) is 56.8 Å². The van der Waals surface area contributed by atoms with Gasteiger partial charge >= 0.3 is 0 Å². The van der Waals surface area contributed by atoms with Crippen molar-refractivity contribution >= 4 is 43.4 Å². The standard InChI is InChI=1S/C31H44ClN7O4S2/c1-31(2)18-23(19-34-31)20-44(3,4)21-33-25-10-7-11-28(35-25)45(41,42)38-30(40)24-12-13-26(36-29(24)32)39-16-14-27(37-39)43-17-15-22-8-5-6-9-22/h7,10-14,16,22-23,34H,5-6,8-9,15,17-21H2,1-4H3,(H,33,35)(H,38,40). The zero-order valence-electron chi connectivity index (χ0n) is 26.4. The van der Waals surface area contributed by atoms with Crippen LogP contribution in [0.4, 0.5) is 5.82 Å². The lowest BCUT2D eigenvalue weighted by Gasteiger charge is -2.34. The fraction of sp³-hybridized carbons (Fsp3) is 0.548. The van der Waals surface area contributed by atoms with Crippen molar-refractivity contribution in [3.05, 3.63) is 53.3 Å². The molecule has 1 saturated heterocycles. The zero-order chi connectivity index (χ0) is 32.2. The van der Waals surface area contributed by atoms with Crippen LogP contribution in [-0.4, -0.2) is 76.9 Å². The van der Waals surface area contributed by atoms with Crippen molar-refractivity contribution in [2.24, 2.45) is 11.8 Å². The van der Waals surface area contributed by atoms with Gasteiger partial charge in [0.25, 0.3) is 15.9 Å². The van der Waals surface area contributed by atoms with E-state index in [1.807, 2.05) is 0 Å². The molecule has 0 spiro atoms. The summed E-state index contributed by atoms with van der Waals surface area (Å²) in [4.78, 5) is 21.5. The molecular formula is C31H44ClN7O4S2. The Balaban J connectivity index is 1.17. The Morgan fingerprint density at radius 2 is 1.89 bits per heavy atom. The Morgan fingerprint density at radius 3 is 2.60 bits per heavy atom. The molecule has 1 unspecified atom stereocenters. The second kappa shape index (κ2) is 13.9. The van der Waals surface area contributed by atoms with Crippen LogP contribution in [0.15, 0.2) is 47.6 Å². The number of ether oxygens (including phenoxy) is 1. The van der Waals surface area contributed by atoms with Crippen molar-refractivity contribution < 1.29 is 17.9 Å². The summed E-state index contributed by atoms with van der Waals surface area (Å²) in [6.45, 7) is 6.07. The minimum atomic E-state index is -4.28. The van der Waals surface area contributed by atoms with Crippen LogP contribution in [0.2, 0.25) is 5.15 Å². The lowest BCUT2D eigenvalue weighted by molar-refractivity contribution is 0.0981. The smallest absolute Gasteiger partial charge is 0.281 e. The maximum absolute atomic E-state index is 13.1. The van der Waals surface area contributed by atoms with E-state index in [1.54, 1.807) is 24.4 Å². The van der Waals surface area contributed by atoms with Gasteiger partial charge < -0.3 is 15.4 Å². The first-order chi connectivity index (χ1) is 21.3. The molecule has 0 aromatic carbocycles. The van der Waals surface area contributed by atoms with Crippen molar-refractivity contribution in [3.8, 4) is 11.7 Å². The highest BCUT2D eigenvalue weighted by molar-refractivity contribution is 8.32. The highest BCUT2D eigenvalue weighted by Crippen LogP contribution is 2.44. The maximum atomic E-state index is 13.1. The molecular weight excluding hydrogens is 634 g/mol. The molecule has 246 valence electrons. The van der Waals surface area contributed by atoms with Gasteiger partial charge in [-0.15, -0.1) is 5.10 Å². The first kappa shape index (κ1) is 33.5. The highest BCUT2D eigenvalue weighted by Gasteiger charge is 2.32. The normalized spacial score (nSPS) is 19.0. The fourth-order valence-corrected chi connectivity index (χ4v) is 9.46. The number of rotatable bonds is 13. The van der Waals surface area contributed by atoms with Crippen LogP contribution in [0.3, 0.4) is 0 Å². The third-order valence-electron chi connectivity index (χ3n) is 8.35. The minimum absolute atomic E-state index is 0.0894. The molecule has 4 heterocycles. The predicted molar refractivity (Wildman–Crippen MR) is 180 cm³/mol. The number of halogens is 1. The number of hydrogen-bond donors (Lipinski definition) is 3. The van der Waals surface area contributed by atoms with Gasteiger partial charge in [-0.3, -0.25) is 4.79 Å². The van der Waals surface area contributed by atoms with E-state index in [9.17, 15) is 13.2 Å². The summed E-state index contributed by atoms with van der Waals surface area (Å²) in [7, 11) is -5.28. The van der Waals surface area contributed by atoms with Crippen LogP contribution in [0.5, 0.6) is 5.88 Å². The van der Waals surface area contributed by atoms with Crippen LogP contribution in [0, 0.1) is 11.8 Å². The van der Waals surface area contributed by atoms with Gasteiger partial charge in [-0.05, 0) is 87.6 Å². The number of hydrogen-bond acceptors (Lipinski definition) is 9. The van der Waals surface area contributed by atoms with Gasteiger partial charge in [0.1, 0.15) is 11.0 Å². The maximum Gasteiger partial charge on any atom is 0.281 e. The van der Waals surface area contributed by atoms with E-state index in [4.69, 9.17) is 16.3 Å². The first-order valence-corrected chi connectivity index (χ1v) is 20.0. The molecule has 3 aromatic rings. The molecule has 45 heavy (non-hydrogen) atoms. The van der Waals surface area contributed by atoms with Crippen molar-refractivity contribution in [3.63, 3.8) is 0 Å². The number of pyridine rings is 2. The number of nitrogens with one attached hydrogen (secondary N) is 3. The van der Waals surface area contributed by atoms with Gasteiger partial charge in [0.2, 0.25) is 5.88 Å². The Kier molecular flexibility index (Phi) is 10.3. The predicted octanol–water partition coefficient (Wildman–Crippen LogP) is 5.22. The van der Waals surface area contributed by atoms with E-state index in [0.717, 1.165) is 31.1 Å². The molecule has 0 radical (unpaired) electrons. The zero-order valence-corrected chi connectivity index (χ0v) is 28.8. The Labute approximate surface area is 272 Å². The molecule has 3 N–H and O–H groups in total. The quantitative estimate of drug-likeness (QED) is 0.208. The first-order valence-electron chi connectivity index (χ1n) is 15.4. The highest BCUT2D eigenvalue weighted by atomic mass is 35.5. The van der Waals surface area contributed by atoms with Crippen LogP contribution in [0.25, 0.3) is 5.82 Å². The molecule has 11 nitrogen and oxygen atoms in total. The Hall–Kier alpha value is -2.87. The van der Waals surface area contributed by atoms with Crippen molar-refractivity contribution in [1.29, 1.82) is 0 Å². The molecule has 1 aliphatic heterocycles. The summed E-state index contributed by atoms with van der Waals surface area (Å²) >= 11 is 6.33. The lowest BCUT2D eigenvalue weighted by Crippen LogP contribution is -2.31. The third-order valence-corrected chi connectivity index (χ3v) is 12.2. The molecule has 2 aliphatic rings. The molecule has 2 fully saturated rings. The van der Waals surface area contributed by atoms with Gasteiger partial charge in [0, 0.05) is 23.7 Å². The molecule has 5 rings (SSSR count). The molecule has 1 amide bonds. The lowest BCUT2D eigenvalue weighted by atomic mass is 9.98. The van der Waals surface area contributed by atoms with E-state index in [-0.39, 0.29) is 21.3 Å². The van der Waals surface area contributed by atoms with Gasteiger partial charge in [0.05, 0.1) is 12.2 Å². The van der Waals surface area contributed by atoms with Crippen molar-refractivity contribution in [2.45, 2.75) is 62.9 Å². The number of amides is 1. The number of carbonyl (C=O) groups is 1. The third kappa shape index (κ3) is 9.11. The molecule has 1 atom stereocenters.